The summed E-state index contributed by atoms with van der Waals surface area (Å²) in [4.78, 5) is 4.19. The van der Waals surface area contributed by atoms with Crippen LogP contribution in [0.3, 0.4) is 0 Å². The zero-order chi connectivity index (χ0) is 12.3. The van der Waals surface area contributed by atoms with Gasteiger partial charge in [-0.1, -0.05) is 13.3 Å². The molecule has 0 aliphatic heterocycles. The van der Waals surface area contributed by atoms with Crippen LogP contribution in [0.4, 0.5) is 0 Å². The number of nitrogen functional groups attached to an aromatic ring is 1. The van der Waals surface area contributed by atoms with E-state index in [1.807, 2.05) is 0 Å². The number of hydrogen-bond donors (Lipinski definition) is 2. The van der Waals surface area contributed by atoms with Gasteiger partial charge in [-0.25, -0.2) is 4.98 Å². The van der Waals surface area contributed by atoms with Crippen molar-refractivity contribution in [2.24, 2.45) is 11.7 Å². The lowest BCUT2D eigenvalue weighted by Gasteiger charge is -2.29. The summed E-state index contributed by atoms with van der Waals surface area (Å²) in [5, 5.41) is 7.50. The number of hydrogen-bond acceptors (Lipinski definition) is 3. The lowest BCUT2D eigenvalue weighted by Crippen LogP contribution is -2.29. The molecule has 1 aromatic heterocycles. The number of rotatable bonds is 3. The largest absolute Gasteiger partial charge is 0.474 e. The highest BCUT2D eigenvalue weighted by Crippen LogP contribution is 2.28. The quantitative estimate of drug-likeness (QED) is 0.621. The molecule has 1 saturated carbocycles. The SMILES string of the molecule is CC1CCCCC1Oc1ncccc1C(=N)N. The second-order valence-corrected chi connectivity index (χ2v) is 4.69. The summed E-state index contributed by atoms with van der Waals surface area (Å²) in [6.07, 6.45) is 6.63. The van der Waals surface area contributed by atoms with Gasteiger partial charge in [-0.2, -0.15) is 0 Å². The van der Waals surface area contributed by atoms with E-state index < -0.39 is 0 Å². The number of ether oxygens (including phenoxy) is 1. The Balaban J connectivity index is 2.14. The van der Waals surface area contributed by atoms with E-state index in [2.05, 4.69) is 11.9 Å². The highest BCUT2D eigenvalue weighted by atomic mass is 16.5. The van der Waals surface area contributed by atoms with Crippen LogP contribution in [0.15, 0.2) is 18.3 Å². The average Bonchev–Trinajstić information content (AvgIpc) is 2.32. The fraction of sp³-hybridized carbons (Fsp3) is 0.538. The molecule has 0 bridgehead atoms. The Morgan fingerprint density at radius 1 is 1.47 bits per heavy atom. The molecule has 3 N–H and O–H groups in total. The minimum Gasteiger partial charge on any atom is -0.474 e. The summed E-state index contributed by atoms with van der Waals surface area (Å²) in [5.41, 5.74) is 6.11. The third kappa shape index (κ3) is 2.75. The van der Waals surface area contributed by atoms with Gasteiger partial charge in [0.25, 0.3) is 0 Å². The van der Waals surface area contributed by atoms with Crippen molar-refractivity contribution in [1.29, 1.82) is 5.41 Å². The summed E-state index contributed by atoms with van der Waals surface area (Å²) in [6, 6.07) is 3.55. The van der Waals surface area contributed by atoms with Crippen LogP contribution in [-0.2, 0) is 0 Å². The van der Waals surface area contributed by atoms with Crippen LogP contribution in [-0.4, -0.2) is 16.9 Å². The van der Waals surface area contributed by atoms with Crippen molar-refractivity contribution < 1.29 is 4.74 Å². The van der Waals surface area contributed by atoms with Gasteiger partial charge in [0.15, 0.2) is 0 Å². The van der Waals surface area contributed by atoms with E-state index in [1.54, 1.807) is 18.3 Å². The molecular weight excluding hydrogens is 214 g/mol. The van der Waals surface area contributed by atoms with Gasteiger partial charge < -0.3 is 10.5 Å². The molecule has 4 nitrogen and oxygen atoms in total. The van der Waals surface area contributed by atoms with Crippen molar-refractivity contribution in [2.45, 2.75) is 38.7 Å². The summed E-state index contributed by atoms with van der Waals surface area (Å²) < 4.78 is 5.93. The Morgan fingerprint density at radius 2 is 2.24 bits per heavy atom. The third-order valence-electron chi connectivity index (χ3n) is 3.36. The van der Waals surface area contributed by atoms with E-state index in [1.165, 1.54) is 19.3 Å². The molecule has 0 aromatic carbocycles. The van der Waals surface area contributed by atoms with Crippen LogP contribution >= 0.6 is 0 Å². The molecule has 0 amide bonds. The van der Waals surface area contributed by atoms with Crippen molar-refractivity contribution in [3.05, 3.63) is 23.9 Å². The summed E-state index contributed by atoms with van der Waals surface area (Å²) >= 11 is 0. The number of amidine groups is 1. The van der Waals surface area contributed by atoms with Crippen molar-refractivity contribution >= 4 is 5.84 Å². The van der Waals surface area contributed by atoms with Gasteiger partial charge in [0, 0.05) is 6.20 Å². The van der Waals surface area contributed by atoms with E-state index in [4.69, 9.17) is 15.9 Å². The standard InChI is InChI=1S/C13H19N3O/c1-9-5-2-3-7-11(9)17-13-10(12(14)15)6-4-8-16-13/h4,6,8-9,11H,2-3,5,7H2,1H3,(H3,14,15). The monoisotopic (exact) mass is 233 g/mol. The number of nitrogens with zero attached hydrogens (tertiary/aromatic N) is 1. The van der Waals surface area contributed by atoms with E-state index in [-0.39, 0.29) is 11.9 Å². The maximum atomic E-state index is 7.50. The van der Waals surface area contributed by atoms with E-state index >= 15 is 0 Å². The Hall–Kier alpha value is -1.58. The minimum absolute atomic E-state index is 0.0107. The van der Waals surface area contributed by atoms with Crippen molar-refractivity contribution in [3.63, 3.8) is 0 Å². The number of nitrogens with two attached hydrogens (primary N) is 1. The van der Waals surface area contributed by atoms with Gasteiger partial charge >= 0.3 is 0 Å². The van der Waals surface area contributed by atoms with Gasteiger partial charge in [-0.15, -0.1) is 0 Å². The summed E-state index contributed by atoms with van der Waals surface area (Å²) in [5.74, 6) is 1.06. The van der Waals surface area contributed by atoms with E-state index in [0.29, 0.717) is 17.4 Å². The smallest absolute Gasteiger partial charge is 0.224 e. The van der Waals surface area contributed by atoms with Crippen LogP contribution in [0.2, 0.25) is 0 Å². The molecule has 1 aliphatic carbocycles. The van der Waals surface area contributed by atoms with Crippen LogP contribution in [0.1, 0.15) is 38.2 Å². The molecule has 92 valence electrons. The second-order valence-electron chi connectivity index (χ2n) is 4.69. The molecule has 0 spiro atoms. The average molecular weight is 233 g/mol. The normalized spacial score (nSPS) is 24.3. The lowest BCUT2D eigenvalue weighted by atomic mass is 9.88. The van der Waals surface area contributed by atoms with Gasteiger partial charge in [-0.05, 0) is 37.3 Å². The first kappa shape index (κ1) is 11.9. The minimum atomic E-state index is 0.0107. The van der Waals surface area contributed by atoms with Crippen LogP contribution in [0, 0.1) is 11.3 Å². The molecular formula is C13H19N3O. The van der Waals surface area contributed by atoms with Crippen LogP contribution < -0.4 is 10.5 Å². The highest BCUT2D eigenvalue weighted by Gasteiger charge is 2.24. The van der Waals surface area contributed by atoms with Crippen molar-refractivity contribution in [1.82, 2.24) is 4.98 Å². The molecule has 1 heterocycles. The van der Waals surface area contributed by atoms with Crippen molar-refractivity contribution in [3.8, 4) is 5.88 Å². The number of pyridine rings is 1. The lowest BCUT2D eigenvalue weighted by molar-refractivity contribution is 0.0974. The molecule has 2 unspecified atom stereocenters. The maximum absolute atomic E-state index is 7.50. The van der Waals surface area contributed by atoms with Crippen molar-refractivity contribution in [2.75, 3.05) is 0 Å². The van der Waals surface area contributed by atoms with E-state index in [9.17, 15) is 0 Å². The first-order valence-corrected chi connectivity index (χ1v) is 6.14. The first-order chi connectivity index (χ1) is 8.18. The molecule has 2 atom stereocenters. The van der Waals surface area contributed by atoms with E-state index in [0.717, 1.165) is 6.42 Å². The molecule has 17 heavy (non-hydrogen) atoms. The first-order valence-electron chi connectivity index (χ1n) is 6.14. The second kappa shape index (κ2) is 5.17. The Bertz CT molecular complexity index is 405. The zero-order valence-electron chi connectivity index (χ0n) is 10.1. The number of nitrogens with one attached hydrogen (secondary N) is 1. The predicted molar refractivity (Wildman–Crippen MR) is 67.3 cm³/mol. The van der Waals surface area contributed by atoms with Crippen LogP contribution in [0.5, 0.6) is 5.88 Å². The Morgan fingerprint density at radius 3 is 2.94 bits per heavy atom. The highest BCUT2D eigenvalue weighted by molar-refractivity contribution is 5.96. The van der Waals surface area contributed by atoms with Gasteiger partial charge in [0.1, 0.15) is 11.9 Å². The number of aromatic nitrogens is 1. The fourth-order valence-corrected chi connectivity index (χ4v) is 2.29. The molecule has 4 heteroatoms. The Kier molecular flexibility index (Phi) is 3.61. The van der Waals surface area contributed by atoms with Gasteiger partial charge in [0.05, 0.1) is 5.56 Å². The molecule has 1 aliphatic rings. The fourth-order valence-electron chi connectivity index (χ4n) is 2.29. The molecule has 0 radical (unpaired) electrons. The molecule has 2 rings (SSSR count). The zero-order valence-corrected chi connectivity index (χ0v) is 10.1. The predicted octanol–water partition coefficient (Wildman–Crippen LogP) is 2.32. The van der Waals surface area contributed by atoms with Crippen LogP contribution in [0.25, 0.3) is 0 Å². The maximum Gasteiger partial charge on any atom is 0.224 e. The Labute approximate surface area is 102 Å². The topological polar surface area (TPSA) is 72.0 Å². The summed E-state index contributed by atoms with van der Waals surface area (Å²) in [6.45, 7) is 2.21. The summed E-state index contributed by atoms with van der Waals surface area (Å²) in [7, 11) is 0. The van der Waals surface area contributed by atoms with Gasteiger partial charge in [-0.3, -0.25) is 5.41 Å². The van der Waals surface area contributed by atoms with Gasteiger partial charge in [0.2, 0.25) is 5.88 Å². The molecule has 0 saturated heterocycles. The third-order valence-corrected chi connectivity index (χ3v) is 3.36. The molecule has 1 aromatic rings. The molecule has 1 fully saturated rings.